The van der Waals surface area contributed by atoms with Crippen molar-refractivity contribution in [1.82, 2.24) is 5.32 Å². The molecule has 0 radical (unpaired) electrons. The summed E-state index contributed by atoms with van der Waals surface area (Å²) in [5.74, 6) is -0.0515. The number of carbonyl (C=O) groups excluding carboxylic acids is 1. The summed E-state index contributed by atoms with van der Waals surface area (Å²) in [6.45, 7) is 0.800. The number of nitrogens with two attached hydrogens (primary N) is 1. The molecule has 0 spiro atoms. The van der Waals surface area contributed by atoms with E-state index in [1.54, 1.807) is 18.2 Å². The summed E-state index contributed by atoms with van der Waals surface area (Å²) in [7, 11) is -2.42. The third-order valence-electron chi connectivity index (χ3n) is 3.82. The quantitative estimate of drug-likeness (QED) is 0.463. The number of amides is 1. The molecule has 0 saturated carbocycles. The van der Waals surface area contributed by atoms with Crippen molar-refractivity contribution >= 4 is 22.0 Å². The van der Waals surface area contributed by atoms with E-state index in [-0.39, 0.29) is 23.2 Å². The molecule has 0 bridgehead atoms. The van der Waals surface area contributed by atoms with Crippen molar-refractivity contribution in [2.45, 2.75) is 11.3 Å². The Morgan fingerprint density at radius 3 is 2.54 bits per heavy atom. The van der Waals surface area contributed by atoms with Gasteiger partial charge in [0.15, 0.2) is 0 Å². The van der Waals surface area contributed by atoms with Crippen LogP contribution >= 0.6 is 0 Å². The smallest absolute Gasteiger partial charge is 0.244 e. The molecular weight excluding hydrogens is 380 g/mol. The molecule has 1 amide bonds. The molecule has 0 aliphatic rings. The predicted molar refractivity (Wildman–Crippen MR) is 107 cm³/mol. The van der Waals surface area contributed by atoms with E-state index in [0.717, 1.165) is 5.56 Å². The molecule has 2 aromatic carbocycles. The Morgan fingerprint density at radius 1 is 1.11 bits per heavy atom. The highest BCUT2D eigenvalue weighted by Crippen LogP contribution is 2.27. The van der Waals surface area contributed by atoms with Gasteiger partial charge < -0.3 is 14.8 Å². The Labute approximate surface area is 165 Å². The normalized spacial score (nSPS) is 11.5. The average molecular weight is 404 g/mol. The van der Waals surface area contributed by atoms with Crippen LogP contribution in [0.25, 0.3) is 6.08 Å². The van der Waals surface area contributed by atoms with Gasteiger partial charge in [0, 0.05) is 19.7 Å². The number of hydrogen-bond acceptors (Lipinski definition) is 5. The second-order valence-electron chi connectivity index (χ2n) is 5.92. The molecule has 3 N–H and O–H groups in total. The molecule has 0 atom stereocenters. The molecule has 0 heterocycles. The SMILES string of the molecule is COCCOc1c(CCNC(=O)C=Cc2ccccc2)cccc1S(N)(=O)=O. The molecular formula is C20H24N2O5S. The van der Waals surface area contributed by atoms with Gasteiger partial charge in [-0.1, -0.05) is 42.5 Å². The highest BCUT2D eigenvalue weighted by Gasteiger charge is 2.18. The van der Waals surface area contributed by atoms with E-state index in [4.69, 9.17) is 14.6 Å². The van der Waals surface area contributed by atoms with Crippen LogP contribution < -0.4 is 15.2 Å². The lowest BCUT2D eigenvalue weighted by atomic mass is 10.1. The van der Waals surface area contributed by atoms with Crippen LogP contribution in [0.5, 0.6) is 5.75 Å². The van der Waals surface area contributed by atoms with Crippen molar-refractivity contribution in [1.29, 1.82) is 0 Å². The zero-order valence-corrected chi connectivity index (χ0v) is 16.4. The highest BCUT2D eigenvalue weighted by atomic mass is 32.2. The molecule has 28 heavy (non-hydrogen) atoms. The van der Waals surface area contributed by atoms with E-state index in [9.17, 15) is 13.2 Å². The number of carbonyl (C=O) groups is 1. The molecule has 8 heteroatoms. The summed E-state index contributed by atoms with van der Waals surface area (Å²) in [6.07, 6.45) is 3.55. The summed E-state index contributed by atoms with van der Waals surface area (Å²) < 4.78 is 34.2. The van der Waals surface area contributed by atoms with Crippen LogP contribution in [0, 0.1) is 0 Å². The fraction of sp³-hybridized carbons (Fsp3) is 0.250. The van der Waals surface area contributed by atoms with Gasteiger partial charge in [-0.05, 0) is 29.7 Å². The number of hydrogen-bond donors (Lipinski definition) is 2. The van der Waals surface area contributed by atoms with Crippen LogP contribution in [-0.4, -0.2) is 41.2 Å². The van der Waals surface area contributed by atoms with Gasteiger partial charge in [0.1, 0.15) is 17.3 Å². The lowest BCUT2D eigenvalue weighted by molar-refractivity contribution is -0.116. The number of rotatable bonds is 10. The Balaban J connectivity index is 2.02. The molecule has 150 valence electrons. The van der Waals surface area contributed by atoms with Crippen LogP contribution in [0.3, 0.4) is 0 Å². The number of sulfonamides is 1. The molecule has 0 aliphatic heterocycles. The Morgan fingerprint density at radius 2 is 1.86 bits per heavy atom. The van der Waals surface area contributed by atoms with E-state index in [1.165, 1.54) is 19.3 Å². The second-order valence-corrected chi connectivity index (χ2v) is 7.45. The van der Waals surface area contributed by atoms with Crippen molar-refractivity contribution in [3.05, 3.63) is 65.7 Å². The van der Waals surface area contributed by atoms with Crippen LogP contribution in [0.1, 0.15) is 11.1 Å². The third-order valence-corrected chi connectivity index (χ3v) is 4.76. The lowest BCUT2D eigenvalue weighted by Crippen LogP contribution is -2.24. The minimum absolute atomic E-state index is 0.0867. The molecule has 0 saturated heterocycles. The molecule has 7 nitrogen and oxygen atoms in total. The highest BCUT2D eigenvalue weighted by molar-refractivity contribution is 7.89. The molecule has 2 aromatic rings. The molecule has 0 fully saturated rings. The standard InChI is InChI=1S/C20H24N2O5S/c1-26-14-15-27-20-17(8-5-9-18(20)28(21,24)25)12-13-22-19(23)11-10-16-6-3-2-4-7-16/h2-11H,12-15H2,1H3,(H,22,23)(H2,21,24,25). The average Bonchev–Trinajstić information content (AvgIpc) is 2.67. The van der Waals surface area contributed by atoms with Gasteiger partial charge in [-0.3, -0.25) is 4.79 Å². The first-order chi connectivity index (χ1) is 13.4. The van der Waals surface area contributed by atoms with Gasteiger partial charge in [-0.2, -0.15) is 0 Å². The Bertz CT molecular complexity index is 911. The second kappa shape index (κ2) is 10.6. The Kier molecular flexibility index (Phi) is 8.19. The zero-order valence-electron chi connectivity index (χ0n) is 15.6. The summed E-state index contributed by atoms with van der Waals surface area (Å²) in [6, 6.07) is 14.2. The number of primary sulfonamides is 1. The maximum atomic E-state index is 12.0. The van der Waals surface area contributed by atoms with E-state index < -0.39 is 10.0 Å². The van der Waals surface area contributed by atoms with Crippen LogP contribution in [0.15, 0.2) is 59.5 Å². The molecule has 2 rings (SSSR count). The monoisotopic (exact) mass is 404 g/mol. The van der Waals surface area contributed by atoms with Crippen molar-refractivity contribution in [2.24, 2.45) is 5.14 Å². The Hall–Kier alpha value is -2.68. The lowest BCUT2D eigenvalue weighted by Gasteiger charge is -2.15. The number of benzene rings is 2. The summed E-state index contributed by atoms with van der Waals surface area (Å²) in [5.41, 5.74) is 1.56. The van der Waals surface area contributed by atoms with E-state index >= 15 is 0 Å². The van der Waals surface area contributed by atoms with Crippen LogP contribution in [-0.2, 0) is 26.0 Å². The first kappa shape index (κ1) is 21.6. The van der Waals surface area contributed by atoms with Crippen molar-refractivity contribution < 1.29 is 22.7 Å². The maximum absolute atomic E-state index is 12.0. The first-order valence-corrected chi connectivity index (χ1v) is 10.2. The van der Waals surface area contributed by atoms with Gasteiger partial charge >= 0.3 is 0 Å². The maximum Gasteiger partial charge on any atom is 0.244 e. The van der Waals surface area contributed by atoms with Crippen LogP contribution in [0.2, 0.25) is 0 Å². The topological polar surface area (TPSA) is 108 Å². The largest absolute Gasteiger partial charge is 0.489 e. The molecule has 0 unspecified atom stereocenters. The van der Waals surface area contributed by atoms with Crippen molar-refractivity contribution in [3.8, 4) is 5.75 Å². The minimum atomic E-state index is -3.94. The first-order valence-electron chi connectivity index (χ1n) is 8.69. The van der Waals surface area contributed by atoms with Crippen molar-refractivity contribution in [3.63, 3.8) is 0 Å². The summed E-state index contributed by atoms with van der Waals surface area (Å²) in [5, 5.41) is 8.05. The predicted octanol–water partition coefficient (Wildman–Crippen LogP) is 1.73. The summed E-state index contributed by atoms with van der Waals surface area (Å²) >= 11 is 0. The van der Waals surface area contributed by atoms with Gasteiger partial charge in [-0.25, -0.2) is 13.6 Å². The van der Waals surface area contributed by atoms with Gasteiger partial charge in [0.2, 0.25) is 15.9 Å². The minimum Gasteiger partial charge on any atom is -0.489 e. The number of ether oxygens (including phenoxy) is 2. The van der Waals surface area contributed by atoms with Gasteiger partial charge in [0.25, 0.3) is 0 Å². The van der Waals surface area contributed by atoms with E-state index in [0.29, 0.717) is 25.1 Å². The van der Waals surface area contributed by atoms with Crippen LogP contribution in [0.4, 0.5) is 0 Å². The van der Waals surface area contributed by atoms with Gasteiger partial charge in [0.05, 0.1) is 6.61 Å². The molecule has 0 aliphatic carbocycles. The zero-order chi connectivity index (χ0) is 20.4. The third kappa shape index (κ3) is 6.80. The number of para-hydroxylation sites is 1. The van der Waals surface area contributed by atoms with Gasteiger partial charge in [-0.15, -0.1) is 0 Å². The fourth-order valence-corrected chi connectivity index (χ4v) is 3.21. The number of methoxy groups -OCH3 is 1. The van der Waals surface area contributed by atoms with E-state index in [2.05, 4.69) is 5.32 Å². The number of nitrogens with one attached hydrogen (secondary N) is 1. The fourth-order valence-electron chi connectivity index (χ4n) is 2.49. The summed E-state index contributed by atoms with van der Waals surface area (Å²) in [4.78, 5) is 11.9. The van der Waals surface area contributed by atoms with E-state index in [1.807, 2.05) is 30.3 Å². The molecule has 0 aromatic heterocycles. The van der Waals surface area contributed by atoms with Crippen molar-refractivity contribution in [2.75, 3.05) is 26.9 Å².